The van der Waals surface area contributed by atoms with Crippen LogP contribution in [-0.4, -0.2) is 83.9 Å². The molecule has 0 aromatic heterocycles. The monoisotopic (exact) mass is 835 g/mol. The van der Waals surface area contributed by atoms with Crippen molar-refractivity contribution in [2.75, 3.05) is 19.7 Å². The first-order valence-electron chi connectivity index (χ1n) is 19.4. The lowest BCUT2D eigenvalue weighted by atomic mass is 10.0. The number of carbonyl (C=O) groups excluding carboxylic acids is 5. The lowest BCUT2D eigenvalue weighted by Crippen LogP contribution is -2.55. The summed E-state index contributed by atoms with van der Waals surface area (Å²) in [5.41, 5.74) is 2.72. The molecule has 16 heteroatoms. The number of guanidine groups is 1. The van der Waals surface area contributed by atoms with Gasteiger partial charge in [-0.1, -0.05) is 134 Å². The first-order valence-corrected chi connectivity index (χ1v) is 19.4. The number of hydrogen-bond acceptors (Lipinski definition) is 11. The fourth-order valence-electron chi connectivity index (χ4n) is 5.70. The van der Waals surface area contributed by atoms with Gasteiger partial charge in [-0.15, -0.1) is 0 Å². The molecule has 0 spiro atoms. The molecule has 4 rings (SSSR count). The highest BCUT2D eigenvalue weighted by molar-refractivity contribution is 6.01. The standard InChI is InChI=1S/C45H49N5O11/c1-2-28-58-39(51)25-27-50(38(41(53)54)29-33-16-7-3-8-17-33)40(52)37(47-43(55)59-30-34-18-9-4-10-19-34)24-15-26-46-42(48-44(56)60-31-35-20-11-5-12-21-35)49-45(57)61-32-36-22-13-6-14-23-36/h2-14,16-23,37-38H,1,15,24-32H2,(H,47,55)(H,53,54)(H2,46,48,49,56,57)/t37-,38-/m0/s1. The summed E-state index contributed by atoms with van der Waals surface area (Å²) in [7, 11) is 0. The van der Waals surface area contributed by atoms with Gasteiger partial charge in [0.1, 0.15) is 38.5 Å². The van der Waals surface area contributed by atoms with E-state index in [4.69, 9.17) is 18.9 Å². The Hall–Kier alpha value is -7.49. The molecular formula is C45H49N5O11. The maximum atomic E-state index is 14.5. The highest BCUT2D eigenvalue weighted by atomic mass is 16.6. The number of ether oxygens (including phenoxy) is 4. The highest BCUT2D eigenvalue weighted by Crippen LogP contribution is 2.15. The van der Waals surface area contributed by atoms with E-state index in [0.717, 1.165) is 4.90 Å². The molecule has 0 unspecified atom stereocenters. The van der Waals surface area contributed by atoms with E-state index in [1.807, 2.05) is 12.1 Å². The molecule has 0 fully saturated rings. The van der Waals surface area contributed by atoms with Crippen LogP contribution in [0.2, 0.25) is 0 Å². The minimum atomic E-state index is -1.45. The van der Waals surface area contributed by atoms with Crippen LogP contribution in [0.25, 0.3) is 0 Å². The first-order chi connectivity index (χ1) is 29.6. The van der Waals surface area contributed by atoms with E-state index < -0.39 is 48.2 Å². The molecule has 4 aromatic carbocycles. The van der Waals surface area contributed by atoms with Crippen molar-refractivity contribution in [3.05, 3.63) is 156 Å². The van der Waals surface area contributed by atoms with Gasteiger partial charge in [-0.3, -0.25) is 25.2 Å². The topological polar surface area (TPSA) is 211 Å². The van der Waals surface area contributed by atoms with Gasteiger partial charge in [-0.05, 0) is 35.1 Å². The molecule has 0 heterocycles. The van der Waals surface area contributed by atoms with Crippen LogP contribution >= 0.6 is 0 Å². The number of aliphatic carboxylic acids is 1. The van der Waals surface area contributed by atoms with E-state index in [1.165, 1.54) is 6.08 Å². The molecule has 0 radical (unpaired) electrons. The molecule has 0 aliphatic heterocycles. The number of aliphatic imine (C=N–C) groups is 1. The molecule has 320 valence electrons. The number of nitrogens with zero attached hydrogens (tertiary/aromatic N) is 2. The number of hydrogen-bond donors (Lipinski definition) is 4. The summed E-state index contributed by atoms with van der Waals surface area (Å²) < 4.78 is 21.1. The van der Waals surface area contributed by atoms with Crippen LogP contribution in [0.3, 0.4) is 0 Å². The molecule has 0 saturated heterocycles. The van der Waals surface area contributed by atoms with Crippen molar-refractivity contribution < 1.29 is 52.8 Å². The van der Waals surface area contributed by atoms with Crippen molar-refractivity contribution in [2.45, 2.75) is 57.6 Å². The molecule has 0 aliphatic rings. The Morgan fingerprint density at radius 2 is 1.11 bits per heavy atom. The van der Waals surface area contributed by atoms with E-state index >= 15 is 0 Å². The normalized spacial score (nSPS) is 11.3. The Labute approximate surface area is 353 Å². The zero-order valence-electron chi connectivity index (χ0n) is 33.5. The van der Waals surface area contributed by atoms with Crippen molar-refractivity contribution >= 4 is 42.1 Å². The predicted octanol–water partition coefficient (Wildman–Crippen LogP) is 5.91. The number of carbonyl (C=O) groups is 6. The van der Waals surface area contributed by atoms with Crippen molar-refractivity contribution in [1.29, 1.82) is 0 Å². The Balaban J connectivity index is 1.54. The largest absolute Gasteiger partial charge is 0.480 e. The van der Waals surface area contributed by atoms with Crippen molar-refractivity contribution in [1.82, 2.24) is 20.9 Å². The van der Waals surface area contributed by atoms with E-state index in [9.17, 15) is 33.9 Å². The van der Waals surface area contributed by atoms with Gasteiger partial charge in [0.2, 0.25) is 11.9 Å². The third-order valence-corrected chi connectivity index (χ3v) is 8.73. The maximum absolute atomic E-state index is 14.5. The number of esters is 1. The molecule has 4 amide bonds. The van der Waals surface area contributed by atoms with Gasteiger partial charge in [0.25, 0.3) is 0 Å². The molecule has 0 saturated carbocycles. The van der Waals surface area contributed by atoms with Crippen LogP contribution in [0.5, 0.6) is 0 Å². The summed E-state index contributed by atoms with van der Waals surface area (Å²) in [5, 5.41) is 17.8. The van der Waals surface area contributed by atoms with Gasteiger partial charge in [0.15, 0.2) is 0 Å². The fraction of sp³-hybridized carbons (Fsp3) is 0.267. The van der Waals surface area contributed by atoms with E-state index in [-0.39, 0.29) is 71.2 Å². The molecule has 4 N–H and O–H groups in total. The summed E-state index contributed by atoms with van der Waals surface area (Å²) >= 11 is 0. The second-order valence-electron chi connectivity index (χ2n) is 13.3. The summed E-state index contributed by atoms with van der Waals surface area (Å²) in [6.45, 7) is 2.68. The van der Waals surface area contributed by atoms with Crippen LogP contribution in [0.4, 0.5) is 14.4 Å². The van der Waals surface area contributed by atoms with Crippen LogP contribution in [0, 0.1) is 0 Å². The Morgan fingerprint density at radius 3 is 1.57 bits per heavy atom. The quantitative estimate of drug-likeness (QED) is 0.0193. The van der Waals surface area contributed by atoms with Gasteiger partial charge in [0.05, 0.1) is 6.42 Å². The molecule has 4 aromatic rings. The van der Waals surface area contributed by atoms with Crippen molar-refractivity contribution in [3.63, 3.8) is 0 Å². The van der Waals surface area contributed by atoms with Crippen molar-refractivity contribution in [2.24, 2.45) is 4.99 Å². The molecule has 0 aliphatic carbocycles. The van der Waals surface area contributed by atoms with Gasteiger partial charge in [0, 0.05) is 19.5 Å². The number of carboxylic acids is 1. The second-order valence-corrected chi connectivity index (χ2v) is 13.3. The molecular weight excluding hydrogens is 787 g/mol. The Morgan fingerprint density at radius 1 is 0.656 bits per heavy atom. The highest BCUT2D eigenvalue weighted by Gasteiger charge is 2.35. The van der Waals surface area contributed by atoms with Gasteiger partial charge >= 0.3 is 30.2 Å². The second kappa shape index (κ2) is 25.8. The first kappa shape index (κ1) is 46.2. The van der Waals surface area contributed by atoms with E-state index in [2.05, 4.69) is 27.5 Å². The zero-order chi connectivity index (χ0) is 43.7. The molecule has 2 atom stereocenters. The third-order valence-electron chi connectivity index (χ3n) is 8.73. The van der Waals surface area contributed by atoms with Crippen LogP contribution in [0.15, 0.2) is 139 Å². The zero-order valence-corrected chi connectivity index (χ0v) is 33.5. The summed E-state index contributed by atoms with van der Waals surface area (Å²) in [6, 6.07) is 32.5. The molecule has 16 nitrogen and oxygen atoms in total. The maximum Gasteiger partial charge on any atom is 0.414 e. The summed E-state index contributed by atoms with van der Waals surface area (Å²) in [6.07, 6.45) is -1.98. The number of nitrogens with one attached hydrogen (secondary N) is 3. The SMILES string of the molecule is C=CCOC(=O)CCN(C(=O)[C@H](CCCN=C(NC(=O)OCc1ccccc1)NC(=O)OCc1ccccc1)NC(=O)OCc1ccccc1)[C@@H](Cc1ccccc1)C(=O)O. The van der Waals surface area contributed by atoms with Gasteiger partial charge in [-0.2, -0.15) is 0 Å². The van der Waals surface area contributed by atoms with Crippen LogP contribution in [0.1, 0.15) is 41.5 Å². The number of amides is 4. The number of rotatable bonds is 21. The predicted molar refractivity (Wildman–Crippen MR) is 224 cm³/mol. The minimum Gasteiger partial charge on any atom is -0.480 e. The van der Waals surface area contributed by atoms with Crippen LogP contribution < -0.4 is 16.0 Å². The average Bonchev–Trinajstić information content (AvgIpc) is 3.28. The molecule has 61 heavy (non-hydrogen) atoms. The minimum absolute atomic E-state index is 0.0476. The number of carboxylic acid groups (broad SMARTS) is 1. The van der Waals surface area contributed by atoms with Crippen LogP contribution in [-0.2, 0) is 59.6 Å². The van der Waals surface area contributed by atoms with Gasteiger partial charge < -0.3 is 34.3 Å². The Kier molecular flexibility index (Phi) is 19.5. The molecule has 0 bridgehead atoms. The van der Waals surface area contributed by atoms with Crippen molar-refractivity contribution in [3.8, 4) is 0 Å². The lowest BCUT2D eigenvalue weighted by molar-refractivity contribution is -0.153. The fourth-order valence-corrected chi connectivity index (χ4v) is 5.70. The van der Waals surface area contributed by atoms with E-state index in [1.54, 1.807) is 109 Å². The smallest absolute Gasteiger partial charge is 0.414 e. The lowest BCUT2D eigenvalue weighted by Gasteiger charge is -2.32. The Bertz CT molecular complexity index is 1990. The van der Waals surface area contributed by atoms with E-state index in [0.29, 0.717) is 22.3 Å². The number of benzene rings is 4. The summed E-state index contributed by atoms with van der Waals surface area (Å²) in [4.78, 5) is 83.9. The third kappa shape index (κ3) is 17.5. The average molecular weight is 836 g/mol. The summed E-state index contributed by atoms with van der Waals surface area (Å²) in [5.74, 6) is -3.17. The number of alkyl carbamates (subject to hydrolysis) is 3. The van der Waals surface area contributed by atoms with Gasteiger partial charge in [-0.25, -0.2) is 19.2 Å².